The van der Waals surface area contributed by atoms with Crippen molar-refractivity contribution in [1.82, 2.24) is 15.2 Å². The number of nitrogens with two attached hydrogens (primary N) is 1. The van der Waals surface area contributed by atoms with Crippen LogP contribution in [0.25, 0.3) is 11.3 Å². The fourth-order valence-electron chi connectivity index (χ4n) is 3.05. The number of amides is 3. The summed E-state index contributed by atoms with van der Waals surface area (Å²) in [6.45, 7) is 2.00. The fraction of sp³-hybridized carbons (Fsp3) is 0.300. The molecule has 0 bridgehead atoms. The highest BCUT2D eigenvalue weighted by Gasteiger charge is 2.19. The zero-order chi connectivity index (χ0) is 19.2. The van der Waals surface area contributed by atoms with Crippen molar-refractivity contribution in [3.8, 4) is 11.3 Å². The van der Waals surface area contributed by atoms with Gasteiger partial charge in [0, 0.05) is 48.9 Å². The minimum Gasteiger partial charge on any atom is -0.366 e. The predicted molar refractivity (Wildman–Crippen MR) is 101 cm³/mol. The van der Waals surface area contributed by atoms with Crippen molar-refractivity contribution in [1.29, 1.82) is 0 Å². The summed E-state index contributed by atoms with van der Waals surface area (Å²) in [5.74, 6) is -0.471. The van der Waals surface area contributed by atoms with Crippen LogP contribution in [0.5, 0.6) is 0 Å². The number of likely N-dealkylation sites (tertiary alicyclic amines) is 1. The summed E-state index contributed by atoms with van der Waals surface area (Å²) in [5, 5.41) is 2.87. The van der Waals surface area contributed by atoms with Gasteiger partial charge in [-0.15, -0.1) is 0 Å². The highest BCUT2D eigenvalue weighted by Crippen LogP contribution is 2.18. The van der Waals surface area contributed by atoms with Gasteiger partial charge < -0.3 is 16.0 Å². The standard InChI is InChI=1S/C20H22N4O3/c21-19(26)15-6-4-14(5-7-15)17-13-16(8-10-22-17)20(27)23-9-2-12-24-11-1-3-18(24)25/h4-8,10,13H,1-3,9,11-12H2,(H2,21,26)(H,23,27). The molecule has 3 amide bonds. The van der Waals surface area contributed by atoms with Gasteiger partial charge in [0.05, 0.1) is 5.69 Å². The van der Waals surface area contributed by atoms with Crippen molar-refractivity contribution < 1.29 is 14.4 Å². The molecule has 140 valence electrons. The van der Waals surface area contributed by atoms with Crippen LogP contribution in [0.1, 0.15) is 40.0 Å². The molecule has 0 saturated carbocycles. The molecule has 0 atom stereocenters. The third kappa shape index (κ3) is 4.69. The molecule has 2 aromatic rings. The Bertz CT molecular complexity index is 849. The van der Waals surface area contributed by atoms with E-state index in [1.807, 2.05) is 4.90 Å². The number of nitrogens with zero attached hydrogens (tertiary/aromatic N) is 2. The van der Waals surface area contributed by atoms with Gasteiger partial charge in [-0.3, -0.25) is 19.4 Å². The zero-order valence-electron chi connectivity index (χ0n) is 15.0. The van der Waals surface area contributed by atoms with E-state index in [0.29, 0.717) is 36.3 Å². The Kier molecular flexibility index (Phi) is 5.80. The molecule has 2 heterocycles. The van der Waals surface area contributed by atoms with Gasteiger partial charge >= 0.3 is 0 Å². The molecule has 0 aliphatic carbocycles. The third-order valence-electron chi connectivity index (χ3n) is 4.55. The minimum absolute atomic E-state index is 0.180. The van der Waals surface area contributed by atoms with Crippen LogP contribution in [-0.4, -0.2) is 47.2 Å². The number of benzene rings is 1. The Morgan fingerprint density at radius 2 is 1.93 bits per heavy atom. The Morgan fingerprint density at radius 1 is 1.15 bits per heavy atom. The number of carbonyl (C=O) groups is 3. The Hall–Kier alpha value is -3.22. The lowest BCUT2D eigenvalue weighted by Crippen LogP contribution is -2.30. The maximum Gasteiger partial charge on any atom is 0.251 e. The molecule has 0 spiro atoms. The second-order valence-electron chi connectivity index (χ2n) is 6.47. The highest BCUT2D eigenvalue weighted by molar-refractivity contribution is 5.95. The maximum absolute atomic E-state index is 12.4. The van der Waals surface area contributed by atoms with Gasteiger partial charge in [0.2, 0.25) is 11.8 Å². The van der Waals surface area contributed by atoms with Gasteiger partial charge in [-0.25, -0.2) is 0 Å². The van der Waals surface area contributed by atoms with Crippen LogP contribution in [0, 0.1) is 0 Å². The molecule has 0 unspecified atom stereocenters. The van der Waals surface area contributed by atoms with Gasteiger partial charge in [0.15, 0.2) is 0 Å². The van der Waals surface area contributed by atoms with E-state index in [4.69, 9.17) is 5.73 Å². The molecule has 1 aromatic heterocycles. The monoisotopic (exact) mass is 366 g/mol. The molecule has 1 aliphatic heterocycles. The van der Waals surface area contributed by atoms with Crippen molar-refractivity contribution in [2.45, 2.75) is 19.3 Å². The topological polar surface area (TPSA) is 105 Å². The summed E-state index contributed by atoms with van der Waals surface area (Å²) >= 11 is 0. The lowest BCUT2D eigenvalue weighted by atomic mass is 10.1. The Balaban J connectivity index is 1.56. The van der Waals surface area contributed by atoms with Crippen molar-refractivity contribution in [3.05, 3.63) is 53.7 Å². The number of primary amides is 1. The first-order valence-corrected chi connectivity index (χ1v) is 8.97. The average molecular weight is 366 g/mol. The van der Waals surface area contributed by atoms with E-state index in [2.05, 4.69) is 10.3 Å². The summed E-state index contributed by atoms with van der Waals surface area (Å²) in [6, 6.07) is 10.1. The maximum atomic E-state index is 12.4. The van der Waals surface area contributed by atoms with Crippen molar-refractivity contribution in [3.63, 3.8) is 0 Å². The van der Waals surface area contributed by atoms with E-state index in [9.17, 15) is 14.4 Å². The second kappa shape index (κ2) is 8.44. The smallest absolute Gasteiger partial charge is 0.251 e. The first-order valence-electron chi connectivity index (χ1n) is 8.97. The molecular formula is C20H22N4O3. The first-order chi connectivity index (χ1) is 13.0. The number of carbonyl (C=O) groups excluding carboxylic acids is 3. The SMILES string of the molecule is NC(=O)c1ccc(-c2cc(C(=O)NCCCN3CCCC3=O)ccn2)cc1. The lowest BCUT2D eigenvalue weighted by Gasteiger charge is -2.15. The summed E-state index contributed by atoms with van der Waals surface area (Å²) in [7, 11) is 0. The van der Waals surface area contributed by atoms with E-state index >= 15 is 0 Å². The molecule has 27 heavy (non-hydrogen) atoms. The number of pyridine rings is 1. The van der Waals surface area contributed by atoms with Crippen LogP contribution in [0.3, 0.4) is 0 Å². The molecule has 3 rings (SSSR count). The van der Waals surface area contributed by atoms with E-state index in [1.165, 1.54) is 0 Å². The van der Waals surface area contributed by atoms with Crippen LogP contribution in [0.4, 0.5) is 0 Å². The minimum atomic E-state index is -0.488. The number of hydrogen-bond acceptors (Lipinski definition) is 4. The van der Waals surface area contributed by atoms with Crippen LogP contribution in [0.2, 0.25) is 0 Å². The predicted octanol–water partition coefficient (Wildman–Crippen LogP) is 1.59. The van der Waals surface area contributed by atoms with Crippen LogP contribution in [-0.2, 0) is 4.79 Å². The number of nitrogens with one attached hydrogen (secondary N) is 1. The average Bonchev–Trinajstić information content (AvgIpc) is 3.10. The third-order valence-corrected chi connectivity index (χ3v) is 4.55. The van der Waals surface area contributed by atoms with Gasteiger partial charge in [-0.05, 0) is 37.1 Å². The molecular weight excluding hydrogens is 344 g/mol. The zero-order valence-corrected chi connectivity index (χ0v) is 15.0. The second-order valence-corrected chi connectivity index (χ2v) is 6.47. The summed E-state index contributed by atoms with van der Waals surface area (Å²) in [4.78, 5) is 41.2. The van der Waals surface area contributed by atoms with Crippen molar-refractivity contribution >= 4 is 17.7 Å². The first kappa shape index (κ1) is 18.6. The fourth-order valence-corrected chi connectivity index (χ4v) is 3.05. The van der Waals surface area contributed by atoms with Crippen molar-refractivity contribution in [2.24, 2.45) is 5.73 Å². The van der Waals surface area contributed by atoms with Crippen LogP contribution in [0.15, 0.2) is 42.6 Å². The summed E-state index contributed by atoms with van der Waals surface area (Å²) in [6.07, 6.45) is 3.86. The molecule has 1 aliphatic rings. The normalized spacial score (nSPS) is 13.6. The summed E-state index contributed by atoms with van der Waals surface area (Å²) in [5.41, 5.74) is 7.61. The van der Waals surface area contributed by atoms with Gasteiger partial charge in [0.1, 0.15) is 0 Å². The Labute approximate surface area is 157 Å². The molecule has 1 saturated heterocycles. The van der Waals surface area contributed by atoms with Crippen molar-refractivity contribution in [2.75, 3.05) is 19.6 Å². The number of hydrogen-bond donors (Lipinski definition) is 2. The largest absolute Gasteiger partial charge is 0.366 e. The molecule has 1 aromatic carbocycles. The molecule has 0 radical (unpaired) electrons. The molecule has 7 nitrogen and oxygen atoms in total. The molecule has 1 fully saturated rings. The Morgan fingerprint density at radius 3 is 2.59 bits per heavy atom. The number of rotatable bonds is 7. The van der Waals surface area contributed by atoms with Crippen LogP contribution >= 0.6 is 0 Å². The highest BCUT2D eigenvalue weighted by atomic mass is 16.2. The molecule has 3 N–H and O–H groups in total. The molecule has 7 heteroatoms. The van der Waals surface area contributed by atoms with Gasteiger partial charge in [-0.1, -0.05) is 12.1 Å². The van der Waals surface area contributed by atoms with E-state index in [-0.39, 0.29) is 11.8 Å². The lowest BCUT2D eigenvalue weighted by molar-refractivity contribution is -0.127. The quantitative estimate of drug-likeness (QED) is 0.726. The van der Waals surface area contributed by atoms with E-state index in [1.54, 1.807) is 42.6 Å². The van der Waals surface area contributed by atoms with E-state index in [0.717, 1.165) is 24.9 Å². The van der Waals surface area contributed by atoms with Crippen LogP contribution < -0.4 is 11.1 Å². The number of aromatic nitrogens is 1. The van der Waals surface area contributed by atoms with Gasteiger partial charge in [-0.2, -0.15) is 0 Å². The van der Waals surface area contributed by atoms with Gasteiger partial charge in [0.25, 0.3) is 5.91 Å². The van der Waals surface area contributed by atoms with E-state index < -0.39 is 5.91 Å². The summed E-state index contributed by atoms with van der Waals surface area (Å²) < 4.78 is 0.